The third-order valence-corrected chi connectivity index (χ3v) is 2.56. The first-order valence-corrected chi connectivity index (χ1v) is 5.90. The van der Waals surface area contributed by atoms with E-state index in [9.17, 15) is 8.78 Å². The van der Waals surface area contributed by atoms with Crippen LogP contribution in [0.2, 0.25) is 0 Å². The van der Waals surface area contributed by atoms with Gasteiger partial charge in [-0.25, -0.2) is 13.8 Å². The van der Waals surface area contributed by atoms with Crippen molar-refractivity contribution in [3.05, 3.63) is 41.7 Å². The Morgan fingerprint density at radius 3 is 2.83 bits per heavy atom. The fourth-order valence-corrected chi connectivity index (χ4v) is 1.64. The van der Waals surface area contributed by atoms with Crippen LogP contribution in [-0.4, -0.2) is 16.5 Å². The van der Waals surface area contributed by atoms with Crippen LogP contribution >= 0.6 is 0 Å². The molecule has 0 atom stereocenters. The maximum atomic E-state index is 13.1. The third kappa shape index (κ3) is 2.92. The van der Waals surface area contributed by atoms with Gasteiger partial charge in [0.25, 0.3) is 0 Å². The van der Waals surface area contributed by atoms with E-state index in [1.54, 1.807) is 6.20 Å². The molecular formula is C13H15F2N3. The van der Waals surface area contributed by atoms with Crippen LogP contribution in [0.15, 0.2) is 24.4 Å². The fraction of sp³-hybridized carbons (Fsp3) is 0.308. The van der Waals surface area contributed by atoms with Crippen molar-refractivity contribution in [3.63, 3.8) is 0 Å². The molecule has 1 aromatic heterocycles. The highest BCUT2D eigenvalue weighted by atomic mass is 19.2. The lowest BCUT2D eigenvalue weighted by Gasteiger charge is -2.00. The molecule has 18 heavy (non-hydrogen) atoms. The van der Waals surface area contributed by atoms with E-state index in [0.717, 1.165) is 30.8 Å². The smallest absolute Gasteiger partial charge is 0.159 e. The molecule has 2 N–H and O–H groups in total. The lowest BCUT2D eigenvalue weighted by Crippen LogP contribution is -2.13. The Bertz CT molecular complexity index is 523. The van der Waals surface area contributed by atoms with Crippen molar-refractivity contribution < 1.29 is 8.78 Å². The van der Waals surface area contributed by atoms with Gasteiger partial charge >= 0.3 is 0 Å². The minimum absolute atomic E-state index is 0.538. The molecule has 5 heteroatoms. The fourth-order valence-electron chi connectivity index (χ4n) is 1.64. The summed E-state index contributed by atoms with van der Waals surface area (Å²) in [5, 5.41) is 3.23. The predicted octanol–water partition coefficient (Wildman–Crippen LogP) is 2.85. The van der Waals surface area contributed by atoms with Crippen LogP contribution in [-0.2, 0) is 6.54 Å². The standard InChI is InChI=1S/C13H15F2N3/c1-2-5-16-7-10-8-17-13(18-10)9-3-4-11(14)12(15)6-9/h3-4,6,8,16H,2,5,7H2,1H3,(H,17,18). The maximum Gasteiger partial charge on any atom is 0.159 e. The van der Waals surface area contributed by atoms with Gasteiger partial charge in [-0.05, 0) is 31.2 Å². The summed E-state index contributed by atoms with van der Waals surface area (Å²) in [5.41, 5.74) is 1.46. The molecular weight excluding hydrogens is 236 g/mol. The number of hydrogen-bond donors (Lipinski definition) is 2. The first kappa shape index (κ1) is 12.7. The van der Waals surface area contributed by atoms with Crippen molar-refractivity contribution in [2.24, 2.45) is 0 Å². The van der Waals surface area contributed by atoms with Crippen molar-refractivity contribution in [1.29, 1.82) is 0 Å². The topological polar surface area (TPSA) is 40.7 Å². The van der Waals surface area contributed by atoms with E-state index < -0.39 is 11.6 Å². The second-order valence-corrected chi connectivity index (χ2v) is 4.06. The Morgan fingerprint density at radius 1 is 1.28 bits per heavy atom. The minimum Gasteiger partial charge on any atom is -0.341 e. The van der Waals surface area contributed by atoms with Crippen molar-refractivity contribution in [2.45, 2.75) is 19.9 Å². The Kier molecular flexibility index (Phi) is 4.04. The van der Waals surface area contributed by atoms with Crippen LogP contribution in [0.4, 0.5) is 8.78 Å². The van der Waals surface area contributed by atoms with Gasteiger partial charge in [-0.15, -0.1) is 0 Å². The van der Waals surface area contributed by atoms with Crippen molar-refractivity contribution >= 4 is 0 Å². The van der Waals surface area contributed by atoms with Crippen molar-refractivity contribution in [3.8, 4) is 11.4 Å². The van der Waals surface area contributed by atoms with E-state index in [4.69, 9.17) is 0 Å². The Morgan fingerprint density at radius 2 is 2.11 bits per heavy atom. The van der Waals surface area contributed by atoms with Gasteiger partial charge in [0.1, 0.15) is 5.82 Å². The molecule has 0 spiro atoms. The largest absolute Gasteiger partial charge is 0.341 e. The first-order chi connectivity index (χ1) is 8.70. The summed E-state index contributed by atoms with van der Waals surface area (Å²) in [6.45, 7) is 3.71. The van der Waals surface area contributed by atoms with Crippen LogP contribution in [0.5, 0.6) is 0 Å². The molecule has 0 bridgehead atoms. The monoisotopic (exact) mass is 251 g/mol. The van der Waals surface area contributed by atoms with E-state index in [-0.39, 0.29) is 0 Å². The summed E-state index contributed by atoms with van der Waals surface area (Å²) in [4.78, 5) is 7.22. The van der Waals surface area contributed by atoms with Gasteiger partial charge in [-0.2, -0.15) is 0 Å². The predicted molar refractivity (Wildman–Crippen MR) is 65.9 cm³/mol. The number of benzene rings is 1. The number of aromatic amines is 1. The van der Waals surface area contributed by atoms with Gasteiger partial charge in [0.15, 0.2) is 11.6 Å². The van der Waals surface area contributed by atoms with Crippen molar-refractivity contribution in [2.75, 3.05) is 6.54 Å². The highest BCUT2D eigenvalue weighted by molar-refractivity contribution is 5.55. The molecule has 0 saturated heterocycles. The molecule has 0 aliphatic heterocycles. The number of aromatic nitrogens is 2. The Hall–Kier alpha value is -1.75. The van der Waals surface area contributed by atoms with E-state index >= 15 is 0 Å². The normalized spacial score (nSPS) is 10.8. The molecule has 0 aliphatic carbocycles. The van der Waals surface area contributed by atoms with Gasteiger partial charge in [-0.3, -0.25) is 0 Å². The van der Waals surface area contributed by atoms with Crippen LogP contribution < -0.4 is 5.32 Å². The number of hydrogen-bond acceptors (Lipinski definition) is 2. The molecule has 0 radical (unpaired) electrons. The molecule has 96 valence electrons. The Labute approximate surface area is 104 Å². The summed E-state index contributed by atoms with van der Waals surface area (Å²) in [6.07, 6.45) is 2.75. The van der Waals surface area contributed by atoms with E-state index in [1.165, 1.54) is 6.07 Å². The summed E-state index contributed by atoms with van der Waals surface area (Å²) < 4.78 is 25.9. The van der Waals surface area contributed by atoms with Crippen LogP contribution in [0, 0.1) is 11.6 Å². The van der Waals surface area contributed by atoms with Gasteiger partial charge < -0.3 is 10.3 Å². The molecule has 0 aliphatic rings. The van der Waals surface area contributed by atoms with Crippen molar-refractivity contribution in [1.82, 2.24) is 15.3 Å². The third-order valence-electron chi connectivity index (χ3n) is 2.56. The van der Waals surface area contributed by atoms with Crippen LogP contribution in [0.1, 0.15) is 19.0 Å². The molecule has 0 fully saturated rings. The number of H-pyrrole nitrogens is 1. The summed E-state index contributed by atoms with van der Waals surface area (Å²) in [7, 11) is 0. The number of rotatable bonds is 5. The van der Waals surface area contributed by atoms with Gasteiger partial charge in [0.2, 0.25) is 0 Å². The average Bonchev–Trinajstić information content (AvgIpc) is 2.82. The molecule has 0 saturated carbocycles. The lowest BCUT2D eigenvalue weighted by atomic mass is 10.2. The van der Waals surface area contributed by atoms with E-state index in [1.807, 2.05) is 0 Å². The van der Waals surface area contributed by atoms with Gasteiger partial charge in [-0.1, -0.05) is 6.92 Å². The summed E-state index contributed by atoms with van der Waals surface area (Å²) in [6, 6.07) is 3.74. The van der Waals surface area contributed by atoms with Gasteiger partial charge in [0.05, 0.1) is 0 Å². The minimum atomic E-state index is -0.866. The van der Waals surface area contributed by atoms with E-state index in [0.29, 0.717) is 17.9 Å². The first-order valence-electron chi connectivity index (χ1n) is 5.90. The highest BCUT2D eigenvalue weighted by Crippen LogP contribution is 2.18. The molecule has 0 amide bonds. The second kappa shape index (κ2) is 5.73. The quantitative estimate of drug-likeness (QED) is 0.802. The average molecular weight is 251 g/mol. The highest BCUT2D eigenvalue weighted by Gasteiger charge is 2.07. The zero-order chi connectivity index (χ0) is 13.0. The zero-order valence-corrected chi connectivity index (χ0v) is 10.1. The SMILES string of the molecule is CCCNCc1cnc(-c2ccc(F)c(F)c2)[nH]1. The summed E-state index contributed by atoms with van der Waals surface area (Å²) in [5.74, 6) is -1.17. The number of imidazole rings is 1. The number of nitrogens with one attached hydrogen (secondary N) is 2. The maximum absolute atomic E-state index is 13.1. The molecule has 1 aromatic carbocycles. The molecule has 2 aromatic rings. The lowest BCUT2D eigenvalue weighted by molar-refractivity contribution is 0.509. The van der Waals surface area contributed by atoms with Crippen LogP contribution in [0.3, 0.4) is 0 Å². The molecule has 0 unspecified atom stereocenters. The molecule has 1 heterocycles. The molecule has 2 rings (SSSR count). The number of nitrogens with zero attached hydrogens (tertiary/aromatic N) is 1. The van der Waals surface area contributed by atoms with Crippen LogP contribution in [0.25, 0.3) is 11.4 Å². The van der Waals surface area contributed by atoms with E-state index in [2.05, 4.69) is 22.2 Å². The van der Waals surface area contributed by atoms with Gasteiger partial charge in [0, 0.05) is 24.0 Å². The number of halogens is 2. The summed E-state index contributed by atoms with van der Waals surface area (Å²) >= 11 is 0. The molecule has 3 nitrogen and oxygen atoms in total. The Balaban J connectivity index is 2.11. The zero-order valence-electron chi connectivity index (χ0n) is 10.1. The second-order valence-electron chi connectivity index (χ2n) is 4.06.